The Kier molecular flexibility index (Phi) is 16.0. The maximum absolute atomic E-state index is 10.7. The molecule has 0 radical (unpaired) electrons. The van der Waals surface area contributed by atoms with E-state index in [0.717, 1.165) is 138 Å². The molecule has 0 unspecified atom stereocenters. The highest BCUT2D eigenvalue weighted by molar-refractivity contribution is 9.09. The number of alkyl halides is 1. The van der Waals surface area contributed by atoms with Crippen molar-refractivity contribution in [1.82, 2.24) is 0 Å². The Morgan fingerprint density at radius 3 is 0.948 bits per heavy atom. The van der Waals surface area contributed by atoms with Crippen molar-refractivity contribution in [2.24, 2.45) is 139 Å². The van der Waals surface area contributed by atoms with Crippen LogP contribution in [0.1, 0.15) is 244 Å². The summed E-state index contributed by atoms with van der Waals surface area (Å²) in [6, 6.07) is 0. The van der Waals surface area contributed by atoms with E-state index in [1.807, 2.05) is 0 Å². The van der Waals surface area contributed by atoms with Crippen molar-refractivity contribution in [3.05, 3.63) is 36.5 Å². The summed E-state index contributed by atoms with van der Waals surface area (Å²) in [6.07, 6.45) is 30.4. The zero-order chi connectivity index (χ0) is 56.0. The molecule has 4 nitrogen and oxygen atoms in total. The number of fused-ring (bicyclic) bond motifs is 15. The van der Waals surface area contributed by atoms with E-state index in [4.69, 9.17) is 0 Å². The predicted octanol–water partition coefficient (Wildman–Crippen LogP) is 18.0. The fourth-order valence-electron chi connectivity index (χ4n) is 25.4. The first kappa shape index (κ1) is 59.7. The smallest absolute Gasteiger partial charge is 0.0642 e. The Hall–Kier alpha value is -0.460. The summed E-state index contributed by atoms with van der Waals surface area (Å²) in [4.78, 5) is 0. The Balaban J connectivity index is 0.000000131. The van der Waals surface area contributed by atoms with E-state index in [9.17, 15) is 20.4 Å². The Labute approximate surface area is 482 Å². The van der Waals surface area contributed by atoms with Crippen LogP contribution in [0.15, 0.2) is 36.5 Å². The third-order valence-corrected chi connectivity index (χ3v) is 29.7. The van der Waals surface area contributed by atoms with Gasteiger partial charge in [-0.15, -0.1) is 0 Å². The minimum atomic E-state index is -0.453. The van der Waals surface area contributed by atoms with Gasteiger partial charge in [0.15, 0.2) is 0 Å². The van der Waals surface area contributed by atoms with Crippen LogP contribution in [0, 0.1) is 139 Å². The molecule has 0 amide bonds. The first-order valence-corrected chi connectivity index (χ1v) is 34.2. The SMILES string of the molecule is C=C(C)[C@H]1CC[C@H]2[C@@H]3CC(C)(C)[C@@H]4C[C@@](C)(O)CC[C@@H]4[C@H]3CC[C@]12C.C=C(CBr)[C@H]1CC[C@H]2[C@@H]3CC(C)(C)[C@@H]4C[C@@](C)(O)CC[C@@H]4[C@H]3CC[C@]12C.C=C(CO)[C@H]1CC[C@H]2[C@@H]3CC(C)(C)[C@@H]4C[C@@](C)(O)CC[C@@H]4[C@H]3CC[C@]12C. The zero-order valence-electron chi connectivity index (χ0n) is 52.1. The van der Waals surface area contributed by atoms with E-state index < -0.39 is 16.8 Å². The van der Waals surface area contributed by atoms with Gasteiger partial charge in [-0.25, -0.2) is 0 Å². The normalized spacial score (nSPS) is 53.2. The molecule has 0 heterocycles. The number of rotatable bonds is 5. The van der Waals surface area contributed by atoms with E-state index in [-0.39, 0.29) is 6.61 Å². The fraction of sp³-hybridized carbons (Fsp3) is 0.917. The highest BCUT2D eigenvalue weighted by Crippen LogP contribution is 2.72. The first-order chi connectivity index (χ1) is 35.7. The molecule has 12 fully saturated rings. The van der Waals surface area contributed by atoms with E-state index in [1.165, 1.54) is 127 Å². The lowest BCUT2D eigenvalue weighted by Crippen LogP contribution is -2.55. The molecule has 0 aromatic carbocycles. The number of allylic oxidation sites excluding steroid dienone is 2. The molecule has 4 N–H and O–H groups in total. The second-order valence-corrected chi connectivity index (χ2v) is 35.4. The van der Waals surface area contributed by atoms with Crippen molar-refractivity contribution >= 4 is 15.9 Å². The minimum Gasteiger partial charge on any atom is -0.392 e. The number of halogens is 1. The van der Waals surface area contributed by atoms with Gasteiger partial charge in [-0.05, 0) is 326 Å². The summed E-state index contributed by atoms with van der Waals surface area (Å²) >= 11 is 3.69. The molecule has 0 aliphatic heterocycles. The van der Waals surface area contributed by atoms with Crippen LogP contribution in [0.25, 0.3) is 0 Å². The van der Waals surface area contributed by atoms with Gasteiger partial charge in [-0.1, -0.05) is 109 Å². The van der Waals surface area contributed by atoms with Crippen molar-refractivity contribution in [3.8, 4) is 0 Å². The van der Waals surface area contributed by atoms with Crippen LogP contribution in [-0.4, -0.2) is 49.2 Å². The van der Waals surface area contributed by atoms with Crippen molar-refractivity contribution < 1.29 is 20.4 Å². The number of aliphatic hydroxyl groups excluding tert-OH is 1. The molecule has 438 valence electrons. The van der Waals surface area contributed by atoms with Gasteiger partial charge in [-0.3, -0.25) is 0 Å². The minimum absolute atomic E-state index is 0.159. The van der Waals surface area contributed by atoms with E-state index >= 15 is 0 Å². The largest absolute Gasteiger partial charge is 0.392 e. The number of hydrogen-bond donors (Lipinski definition) is 4. The summed E-state index contributed by atoms with van der Waals surface area (Å²) in [5, 5.41) is 42.9. The maximum atomic E-state index is 10.7. The fourth-order valence-corrected chi connectivity index (χ4v) is 25.8. The summed E-state index contributed by atoms with van der Waals surface area (Å²) in [7, 11) is 0. The molecule has 12 rings (SSSR count). The van der Waals surface area contributed by atoms with Gasteiger partial charge in [0.05, 0.1) is 23.4 Å². The van der Waals surface area contributed by atoms with Crippen LogP contribution in [0.5, 0.6) is 0 Å². The number of hydrogen-bond acceptors (Lipinski definition) is 4. The molecule has 24 atom stereocenters. The third-order valence-electron chi connectivity index (χ3n) is 29.0. The van der Waals surface area contributed by atoms with Gasteiger partial charge < -0.3 is 20.4 Å². The Morgan fingerprint density at radius 1 is 0.364 bits per heavy atom. The lowest BCUT2D eigenvalue weighted by atomic mass is 9.44. The van der Waals surface area contributed by atoms with E-state index in [1.54, 1.807) is 0 Å². The molecule has 12 aliphatic rings. The van der Waals surface area contributed by atoms with E-state index in [0.29, 0.717) is 50.2 Å². The monoisotopic (exact) mass is 1130 g/mol. The molecule has 0 aromatic heterocycles. The molecular formula is C72H119BrO4. The maximum Gasteiger partial charge on any atom is 0.0642 e. The molecular weight excluding hydrogens is 1010 g/mol. The highest BCUT2D eigenvalue weighted by atomic mass is 79.9. The average molecular weight is 1130 g/mol. The second kappa shape index (κ2) is 20.7. The summed E-state index contributed by atoms with van der Waals surface area (Å²) in [5.74, 6) is 14.6. The number of aliphatic hydroxyl groups is 4. The van der Waals surface area contributed by atoms with Crippen molar-refractivity contribution in [3.63, 3.8) is 0 Å². The molecule has 5 heteroatoms. The van der Waals surface area contributed by atoms with Gasteiger partial charge in [0, 0.05) is 5.33 Å². The molecule has 12 aliphatic carbocycles. The van der Waals surface area contributed by atoms with Crippen molar-refractivity contribution in [2.45, 2.75) is 261 Å². The van der Waals surface area contributed by atoms with Gasteiger partial charge in [-0.2, -0.15) is 0 Å². The van der Waals surface area contributed by atoms with Gasteiger partial charge in [0.1, 0.15) is 0 Å². The predicted molar refractivity (Wildman–Crippen MR) is 325 cm³/mol. The zero-order valence-corrected chi connectivity index (χ0v) is 53.7. The lowest BCUT2D eigenvalue weighted by molar-refractivity contribution is -0.144. The van der Waals surface area contributed by atoms with Crippen LogP contribution in [0.4, 0.5) is 0 Å². The summed E-state index contributed by atoms with van der Waals surface area (Å²) in [5.41, 5.74) is 5.08. The molecule has 12 saturated carbocycles. The van der Waals surface area contributed by atoms with Crippen molar-refractivity contribution in [1.29, 1.82) is 0 Å². The molecule has 0 saturated heterocycles. The van der Waals surface area contributed by atoms with E-state index in [2.05, 4.69) is 126 Å². The molecule has 0 spiro atoms. The van der Waals surface area contributed by atoms with Crippen LogP contribution in [0.3, 0.4) is 0 Å². The second-order valence-electron chi connectivity index (χ2n) is 34.9. The Morgan fingerprint density at radius 2 is 0.649 bits per heavy atom. The van der Waals surface area contributed by atoms with Crippen LogP contribution in [0.2, 0.25) is 0 Å². The van der Waals surface area contributed by atoms with Gasteiger partial charge in [0.25, 0.3) is 0 Å². The topological polar surface area (TPSA) is 80.9 Å². The standard InChI is InChI=1S/C24H39BrO.C24H40O2.C24H40O/c2*1-15(14-25)19-6-7-20-18-12-22(2,3)21-13-23(4,26)10-8-17(21)16(18)9-11-24(19,20)5;1-15(2)19-7-8-20-18-13-22(3,4)21-14-23(5,25)11-9-17(21)16(18)10-12-24(19,20)6/h16-21,26H,1,6-14H2,2-5H3;16-21,25-26H,1,6-14H2,2-5H3;16-21,25H,1,7-14H2,2-6H3/t3*16-,17-,18-,19-,20+,21-,23+,24-/m111/s1. The first-order valence-electron chi connectivity index (χ1n) is 33.1. The van der Waals surface area contributed by atoms with Gasteiger partial charge >= 0.3 is 0 Å². The Bertz CT molecular complexity index is 2100. The van der Waals surface area contributed by atoms with Crippen LogP contribution < -0.4 is 0 Å². The van der Waals surface area contributed by atoms with Crippen LogP contribution >= 0.6 is 15.9 Å². The quantitative estimate of drug-likeness (QED) is 0.163. The van der Waals surface area contributed by atoms with Crippen molar-refractivity contribution in [2.75, 3.05) is 11.9 Å². The molecule has 77 heavy (non-hydrogen) atoms. The van der Waals surface area contributed by atoms with Crippen LogP contribution in [-0.2, 0) is 0 Å². The molecule has 0 bridgehead atoms. The van der Waals surface area contributed by atoms with Gasteiger partial charge in [0.2, 0.25) is 0 Å². The third kappa shape index (κ3) is 10.4. The summed E-state index contributed by atoms with van der Waals surface area (Å²) < 4.78 is 0. The average Bonchev–Trinajstić information content (AvgIpc) is 4.07. The highest BCUT2D eigenvalue weighted by Gasteiger charge is 2.64. The molecule has 0 aromatic rings. The lowest BCUT2D eigenvalue weighted by Gasteiger charge is -2.61. The summed E-state index contributed by atoms with van der Waals surface area (Å²) in [6.45, 7) is 44.4.